The molecular formula is C25H25ClN6O2. The lowest BCUT2D eigenvalue weighted by atomic mass is 9.93. The number of pyridine rings is 1. The first-order valence-corrected chi connectivity index (χ1v) is 11.6. The number of anilines is 2. The third kappa shape index (κ3) is 3.77. The standard InChI is InChI=1S/C25H25ClN6O2/c1-16-12-28-22(29-13-16)24(34)31-8-6-30(7-9-31)18-11-19(15-27-14-18)32-23(33)20-5-4-17(26)10-21(20)25(32,2)3/h4-5,10-15H,6-9H2,1-3H3. The molecule has 1 fully saturated rings. The molecule has 1 saturated heterocycles. The van der Waals surface area contributed by atoms with E-state index in [9.17, 15) is 9.59 Å². The van der Waals surface area contributed by atoms with Crippen molar-refractivity contribution in [2.45, 2.75) is 26.3 Å². The Morgan fingerprint density at radius 2 is 1.65 bits per heavy atom. The molecular weight excluding hydrogens is 452 g/mol. The van der Waals surface area contributed by atoms with E-state index in [-0.39, 0.29) is 17.6 Å². The first-order chi connectivity index (χ1) is 16.3. The van der Waals surface area contributed by atoms with E-state index in [1.807, 2.05) is 32.9 Å². The van der Waals surface area contributed by atoms with E-state index in [1.165, 1.54) is 0 Å². The highest BCUT2D eigenvalue weighted by atomic mass is 35.5. The minimum atomic E-state index is -0.559. The molecule has 0 atom stereocenters. The number of benzene rings is 1. The lowest BCUT2D eigenvalue weighted by molar-refractivity contribution is 0.0734. The molecule has 34 heavy (non-hydrogen) atoms. The van der Waals surface area contributed by atoms with E-state index in [2.05, 4.69) is 19.9 Å². The Balaban J connectivity index is 1.33. The highest BCUT2D eigenvalue weighted by Gasteiger charge is 2.44. The number of nitrogens with zero attached hydrogens (tertiary/aromatic N) is 6. The zero-order chi connectivity index (χ0) is 24.0. The van der Waals surface area contributed by atoms with E-state index in [0.717, 1.165) is 22.5 Å². The quantitative estimate of drug-likeness (QED) is 0.573. The summed E-state index contributed by atoms with van der Waals surface area (Å²) in [5.41, 5.74) is 3.56. The van der Waals surface area contributed by atoms with Gasteiger partial charge in [-0.1, -0.05) is 11.6 Å². The van der Waals surface area contributed by atoms with Crippen molar-refractivity contribution in [1.29, 1.82) is 0 Å². The van der Waals surface area contributed by atoms with E-state index < -0.39 is 5.54 Å². The lowest BCUT2D eigenvalue weighted by Gasteiger charge is -2.37. The number of halogens is 1. The van der Waals surface area contributed by atoms with Crippen molar-refractivity contribution >= 4 is 34.8 Å². The van der Waals surface area contributed by atoms with Gasteiger partial charge in [0.15, 0.2) is 0 Å². The summed E-state index contributed by atoms with van der Waals surface area (Å²) in [5, 5.41) is 0.608. The van der Waals surface area contributed by atoms with E-state index in [4.69, 9.17) is 11.6 Å². The van der Waals surface area contributed by atoms with Crippen molar-refractivity contribution < 1.29 is 9.59 Å². The first kappa shape index (κ1) is 22.3. The number of aryl methyl sites for hydroxylation is 1. The third-order valence-corrected chi connectivity index (χ3v) is 6.74. The van der Waals surface area contributed by atoms with Crippen LogP contribution >= 0.6 is 11.6 Å². The van der Waals surface area contributed by atoms with Crippen LogP contribution in [0.25, 0.3) is 0 Å². The molecule has 2 aliphatic rings. The summed E-state index contributed by atoms with van der Waals surface area (Å²) in [6, 6.07) is 7.38. The molecule has 0 unspecified atom stereocenters. The van der Waals surface area contributed by atoms with Crippen LogP contribution in [0.2, 0.25) is 5.02 Å². The molecule has 8 nitrogen and oxygen atoms in total. The van der Waals surface area contributed by atoms with Gasteiger partial charge in [-0.3, -0.25) is 19.5 Å². The highest BCUT2D eigenvalue weighted by molar-refractivity contribution is 6.31. The molecule has 2 aliphatic heterocycles. The maximum Gasteiger partial charge on any atom is 0.291 e. The van der Waals surface area contributed by atoms with Crippen LogP contribution in [0.15, 0.2) is 49.1 Å². The van der Waals surface area contributed by atoms with Gasteiger partial charge in [0.2, 0.25) is 5.82 Å². The zero-order valence-corrected chi connectivity index (χ0v) is 20.1. The van der Waals surface area contributed by atoms with Gasteiger partial charge in [0.1, 0.15) is 0 Å². The molecule has 0 saturated carbocycles. The SMILES string of the molecule is Cc1cnc(C(=O)N2CCN(c3cncc(N4C(=O)c5ccc(Cl)cc5C4(C)C)c3)CC2)nc1. The number of hydrogen-bond acceptors (Lipinski definition) is 6. The fourth-order valence-electron chi connectivity index (χ4n) is 4.67. The third-order valence-electron chi connectivity index (χ3n) is 6.51. The van der Waals surface area contributed by atoms with Gasteiger partial charge in [0.05, 0.1) is 29.3 Å². The van der Waals surface area contributed by atoms with Crippen LogP contribution in [0, 0.1) is 6.92 Å². The molecule has 174 valence electrons. The monoisotopic (exact) mass is 476 g/mol. The molecule has 0 bridgehead atoms. The van der Waals surface area contributed by atoms with Crippen LogP contribution in [0.5, 0.6) is 0 Å². The fourth-order valence-corrected chi connectivity index (χ4v) is 4.84. The Bertz CT molecular complexity index is 1270. The molecule has 0 N–H and O–H groups in total. The number of hydrogen-bond donors (Lipinski definition) is 0. The Hall–Kier alpha value is -3.52. The number of carbonyl (C=O) groups is 2. The molecule has 9 heteroatoms. The maximum absolute atomic E-state index is 13.3. The molecule has 3 aromatic rings. The largest absolute Gasteiger partial charge is 0.367 e. The highest BCUT2D eigenvalue weighted by Crippen LogP contribution is 2.43. The minimum absolute atomic E-state index is 0.0656. The Morgan fingerprint density at radius 3 is 2.35 bits per heavy atom. The van der Waals surface area contributed by atoms with Gasteiger partial charge >= 0.3 is 0 Å². The number of fused-ring (bicyclic) bond motifs is 1. The van der Waals surface area contributed by atoms with Crippen LogP contribution in [-0.4, -0.2) is 57.8 Å². The van der Waals surface area contributed by atoms with E-state index in [1.54, 1.807) is 46.7 Å². The van der Waals surface area contributed by atoms with Gasteiger partial charge in [-0.25, -0.2) is 9.97 Å². The molecule has 5 rings (SSSR count). The van der Waals surface area contributed by atoms with Crippen LogP contribution < -0.4 is 9.80 Å². The zero-order valence-electron chi connectivity index (χ0n) is 19.3. The predicted molar refractivity (Wildman–Crippen MR) is 130 cm³/mol. The van der Waals surface area contributed by atoms with Crippen molar-refractivity contribution in [1.82, 2.24) is 19.9 Å². The molecule has 2 aromatic heterocycles. The van der Waals surface area contributed by atoms with Gasteiger partial charge in [-0.2, -0.15) is 0 Å². The predicted octanol–water partition coefficient (Wildman–Crippen LogP) is 3.69. The second kappa shape index (κ2) is 8.36. The molecule has 1 aromatic carbocycles. The van der Waals surface area contributed by atoms with Gasteiger partial charge in [-0.05, 0) is 56.2 Å². The summed E-state index contributed by atoms with van der Waals surface area (Å²) in [4.78, 5) is 44.5. The van der Waals surface area contributed by atoms with Crippen LogP contribution in [0.3, 0.4) is 0 Å². The summed E-state index contributed by atoms with van der Waals surface area (Å²) in [7, 11) is 0. The number of piperazine rings is 1. The van der Waals surface area contributed by atoms with Crippen LogP contribution in [-0.2, 0) is 5.54 Å². The second-order valence-corrected chi connectivity index (χ2v) is 9.59. The Kier molecular flexibility index (Phi) is 5.48. The number of aromatic nitrogens is 3. The van der Waals surface area contributed by atoms with Crippen molar-refractivity contribution in [3.63, 3.8) is 0 Å². The van der Waals surface area contributed by atoms with Gasteiger partial charge in [0, 0.05) is 49.2 Å². The molecule has 0 radical (unpaired) electrons. The van der Waals surface area contributed by atoms with Crippen molar-refractivity contribution in [3.05, 3.63) is 76.6 Å². The summed E-state index contributed by atoms with van der Waals surface area (Å²) < 4.78 is 0. The lowest BCUT2D eigenvalue weighted by Crippen LogP contribution is -2.49. The Morgan fingerprint density at radius 1 is 0.971 bits per heavy atom. The second-order valence-electron chi connectivity index (χ2n) is 9.15. The number of rotatable bonds is 3. The summed E-state index contributed by atoms with van der Waals surface area (Å²) >= 11 is 6.21. The first-order valence-electron chi connectivity index (χ1n) is 11.2. The normalized spacial score (nSPS) is 17.2. The van der Waals surface area contributed by atoms with Gasteiger partial charge in [0.25, 0.3) is 11.8 Å². The topological polar surface area (TPSA) is 82.5 Å². The van der Waals surface area contributed by atoms with E-state index in [0.29, 0.717) is 36.8 Å². The van der Waals surface area contributed by atoms with Crippen LogP contribution in [0.1, 0.15) is 46.0 Å². The molecule has 0 spiro atoms. The smallest absolute Gasteiger partial charge is 0.291 e. The molecule has 0 aliphatic carbocycles. The summed E-state index contributed by atoms with van der Waals surface area (Å²) in [6.07, 6.45) is 6.81. The van der Waals surface area contributed by atoms with Crippen molar-refractivity contribution in [2.75, 3.05) is 36.0 Å². The van der Waals surface area contributed by atoms with Crippen molar-refractivity contribution in [2.24, 2.45) is 0 Å². The van der Waals surface area contributed by atoms with Crippen molar-refractivity contribution in [3.8, 4) is 0 Å². The van der Waals surface area contributed by atoms with E-state index >= 15 is 0 Å². The van der Waals surface area contributed by atoms with Crippen LogP contribution in [0.4, 0.5) is 11.4 Å². The maximum atomic E-state index is 13.3. The average Bonchev–Trinajstić information content (AvgIpc) is 3.03. The minimum Gasteiger partial charge on any atom is -0.367 e. The van der Waals surface area contributed by atoms with Gasteiger partial charge in [-0.15, -0.1) is 0 Å². The molecule has 2 amide bonds. The van der Waals surface area contributed by atoms with Gasteiger partial charge < -0.3 is 9.80 Å². The fraction of sp³-hybridized carbons (Fsp3) is 0.320. The molecule has 4 heterocycles. The number of carbonyl (C=O) groups excluding carboxylic acids is 2. The Labute approximate surface area is 203 Å². The average molecular weight is 477 g/mol. The summed E-state index contributed by atoms with van der Waals surface area (Å²) in [6.45, 7) is 8.32. The number of amides is 2. The summed E-state index contributed by atoms with van der Waals surface area (Å²) in [5.74, 6) is -0.00587.